The van der Waals surface area contributed by atoms with Crippen molar-refractivity contribution in [2.45, 2.75) is 27.2 Å². The molecule has 0 fully saturated rings. The number of ether oxygens (including phenoxy) is 3. The van der Waals surface area contributed by atoms with Crippen LogP contribution in [0.3, 0.4) is 0 Å². The number of hydrogen-bond acceptors (Lipinski definition) is 4. The van der Waals surface area contributed by atoms with E-state index in [1.165, 1.54) is 6.08 Å². The summed E-state index contributed by atoms with van der Waals surface area (Å²) in [5.41, 5.74) is 0.837. The highest BCUT2D eigenvalue weighted by atomic mass is 16.7. The van der Waals surface area contributed by atoms with Gasteiger partial charge in [0, 0.05) is 17.7 Å². The molecule has 0 atom stereocenters. The molecule has 0 aromatic heterocycles. The Balaban J connectivity index is 2.19. The molecule has 2 rings (SSSR count). The van der Waals surface area contributed by atoms with Crippen molar-refractivity contribution in [3.05, 3.63) is 23.8 Å². The molecular weight excluding hydrogens is 272 g/mol. The maximum atomic E-state index is 10.7. The smallest absolute Gasteiger partial charge is 0.328 e. The van der Waals surface area contributed by atoms with E-state index in [1.54, 1.807) is 12.1 Å². The highest BCUT2D eigenvalue weighted by Crippen LogP contribution is 2.39. The number of carboxylic acid groups (broad SMARTS) is 1. The van der Waals surface area contributed by atoms with Crippen LogP contribution in [0.15, 0.2) is 18.2 Å². The van der Waals surface area contributed by atoms with Crippen molar-refractivity contribution >= 4 is 12.0 Å². The summed E-state index contributed by atoms with van der Waals surface area (Å²) in [5.74, 6) is 0.811. The topological polar surface area (TPSA) is 65.0 Å². The zero-order valence-electron chi connectivity index (χ0n) is 12.5. The molecule has 1 heterocycles. The maximum absolute atomic E-state index is 10.7. The second-order valence-corrected chi connectivity index (χ2v) is 6.07. The Kier molecular flexibility index (Phi) is 4.40. The first kappa shape index (κ1) is 15.2. The quantitative estimate of drug-likeness (QED) is 0.843. The van der Waals surface area contributed by atoms with Gasteiger partial charge in [0.2, 0.25) is 6.79 Å². The molecule has 0 radical (unpaired) electrons. The fraction of sp³-hybridized carbons (Fsp3) is 0.438. The molecule has 1 aliphatic rings. The van der Waals surface area contributed by atoms with E-state index in [-0.39, 0.29) is 12.2 Å². The lowest BCUT2D eigenvalue weighted by atomic mass is 9.93. The Morgan fingerprint density at radius 3 is 2.62 bits per heavy atom. The van der Waals surface area contributed by atoms with Crippen LogP contribution in [0.4, 0.5) is 0 Å². The van der Waals surface area contributed by atoms with Crippen LogP contribution in [0.5, 0.6) is 17.2 Å². The predicted octanol–water partition coefficient (Wildman–Crippen LogP) is 3.33. The summed E-state index contributed by atoms with van der Waals surface area (Å²) in [6.07, 6.45) is 3.47. The number of hydrogen-bond donors (Lipinski definition) is 1. The molecule has 114 valence electrons. The average molecular weight is 292 g/mol. The highest BCUT2D eigenvalue weighted by Gasteiger charge is 2.18. The van der Waals surface area contributed by atoms with E-state index in [0.29, 0.717) is 29.4 Å². The van der Waals surface area contributed by atoms with Crippen molar-refractivity contribution in [3.8, 4) is 17.2 Å². The van der Waals surface area contributed by atoms with Gasteiger partial charge in [0.15, 0.2) is 11.5 Å². The number of benzene rings is 1. The molecule has 1 N–H and O–H groups in total. The van der Waals surface area contributed by atoms with Crippen molar-refractivity contribution < 1.29 is 24.1 Å². The fourth-order valence-corrected chi connectivity index (χ4v) is 1.82. The van der Waals surface area contributed by atoms with E-state index >= 15 is 0 Å². The Morgan fingerprint density at radius 2 is 2.00 bits per heavy atom. The molecule has 0 saturated carbocycles. The lowest BCUT2D eigenvalue weighted by Crippen LogP contribution is -2.11. The molecule has 1 aromatic rings. The largest absolute Gasteiger partial charge is 0.493 e. The number of fused-ring (bicyclic) bond motifs is 1. The standard InChI is InChI=1S/C16H20O5/c1-16(2,3)6-7-19-12-9-14-13(20-10-21-14)8-11(12)4-5-15(17)18/h4-5,8-9H,6-7,10H2,1-3H3,(H,17,18). The van der Waals surface area contributed by atoms with E-state index in [1.807, 2.05) is 0 Å². The van der Waals surface area contributed by atoms with Gasteiger partial charge < -0.3 is 19.3 Å². The zero-order chi connectivity index (χ0) is 15.5. The summed E-state index contributed by atoms with van der Waals surface area (Å²) < 4.78 is 16.4. The van der Waals surface area contributed by atoms with Crippen LogP contribution in [0.25, 0.3) is 6.08 Å². The van der Waals surface area contributed by atoms with Crippen molar-refractivity contribution in [1.82, 2.24) is 0 Å². The summed E-state index contributed by atoms with van der Waals surface area (Å²) in [4.78, 5) is 10.7. The van der Waals surface area contributed by atoms with Crippen LogP contribution < -0.4 is 14.2 Å². The third-order valence-corrected chi connectivity index (χ3v) is 3.02. The zero-order valence-corrected chi connectivity index (χ0v) is 12.5. The van der Waals surface area contributed by atoms with Gasteiger partial charge in [-0.3, -0.25) is 0 Å². The summed E-state index contributed by atoms with van der Waals surface area (Å²) in [7, 11) is 0. The monoisotopic (exact) mass is 292 g/mol. The first-order valence-electron chi connectivity index (χ1n) is 6.83. The van der Waals surface area contributed by atoms with Gasteiger partial charge in [-0.25, -0.2) is 4.79 Å². The molecule has 0 aliphatic carbocycles. The van der Waals surface area contributed by atoms with Gasteiger partial charge in [-0.15, -0.1) is 0 Å². The third kappa shape index (κ3) is 4.41. The minimum absolute atomic E-state index is 0.170. The lowest BCUT2D eigenvalue weighted by molar-refractivity contribution is -0.131. The summed E-state index contributed by atoms with van der Waals surface area (Å²) in [5, 5.41) is 8.76. The van der Waals surface area contributed by atoms with Crippen LogP contribution in [-0.4, -0.2) is 24.5 Å². The first-order valence-corrected chi connectivity index (χ1v) is 6.83. The first-order chi connectivity index (χ1) is 9.85. The van der Waals surface area contributed by atoms with Gasteiger partial charge in [-0.2, -0.15) is 0 Å². The maximum Gasteiger partial charge on any atom is 0.328 e. The second kappa shape index (κ2) is 6.08. The molecule has 0 unspecified atom stereocenters. The normalized spacial score (nSPS) is 13.7. The Labute approximate surface area is 124 Å². The van der Waals surface area contributed by atoms with Crippen molar-refractivity contribution in [3.63, 3.8) is 0 Å². The number of rotatable bonds is 5. The molecule has 0 bridgehead atoms. The lowest BCUT2D eigenvalue weighted by Gasteiger charge is -2.19. The molecular formula is C16H20O5. The van der Waals surface area contributed by atoms with Gasteiger partial charge in [0.25, 0.3) is 0 Å². The molecule has 0 spiro atoms. The minimum atomic E-state index is -1.01. The van der Waals surface area contributed by atoms with Crippen molar-refractivity contribution in [2.24, 2.45) is 5.41 Å². The average Bonchev–Trinajstić information content (AvgIpc) is 2.81. The minimum Gasteiger partial charge on any atom is -0.493 e. The number of carbonyl (C=O) groups is 1. The van der Waals surface area contributed by atoms with Gasteiger partial charge in [-0.1, -0.05) is 20.8 Å². The van der Waals surface area contributed by atoms with E-state index in [0.717, 1.165) is 12.5 Å². The second-order valence-electron chi connectivity index (χ2n) is 6.07. The van der Waals surface area contributed by atoms with E-state index in [4.69, 9.17) is 19.3 Å². The van der Waals surface area contributed by atoms with Crippen LogP contribution >= 0.6 is 0 Å². The van der Waals surface area contributed by atoms with E-state index in [2.05, 4.69) is 20.8 Å². The summed E-state index contributed by atoms with van der Waals surface area (Å²) in [6.45, 7) is 7.14. The molecule has 0 saturated heterocycles. The van der Waals surface area contributed by atoms with E-state index in [9.17, 15) is 4.79 Å². The van der Waals surface area contributed by atoms with Crippen molar-refractivity contribution in [2.75, 3.05) is 13.4 Å². The Hall–Kier alpha value is -2.17. The number of carboxylic acids is 1. The van der Waals surface area contributed by atoms with Gasteiger partial charge in [0.05, 0.1) is 6.61 Å². The molecule has 5 nitrogen and oxygen atoms in total. The van der Waals surface area contributed by atoms with Gasteiger partial charge >= 0.3 is 5.97 Å². The van der Waals surface area contributed by atoms with Crippen LogP contribution in [0.2, 0.25) is 0 Å². The molecule has 21 heavy (non-hydrogen) atoms. The molecule has 1 aliphatic heterocycles. The van der Waals surface area contributed by atoms with Crippen LogP contribution in [0, 0.1) is 5.41 Å². The third-order valence-electron chi connectivity index (χ3n) is 3.02. The van der Waals surface area contributed by atoms with Crippen LogP contribution in [0.1, 0.15) is 32.8 Å². The predicted molar refractivity (Wildman–Crippen MR) is 78.8 cm³/mol. The summed E-state index contributed by atoms with van der Waals surface area (Å²) in [6, 6.07) is 3.47. The van der Waals surface area contributed by atoms with E-state index < -0.39 is 5.97 Å². The number of aliphatic carboxylic acids is 1. The molecule has 5 heteroatoms. The Morgan fingerprint density at radius 1 is 1.33 bits per heavy atom. The Bertz CT molecular complexity index is 555. The highest BCUT2D eigenvalue weighted by molar-refractivity contribution is 5.86. The molecule has 0 amide bonds. The van der Waals surface area contributed by atoms with Gasteiger partial charge in [-0.05, 0) is 24.0 Å². The van der Waals surface area contributed by atoms with Crippen molar-refractivity contribution in [1.29, 1.82) is 0 Å². The SMILES string of the molecule is CC(C)(C)CCOc1cc2c(cc1C=CC(=O)O)OCO2. The van der Waals surface area contributed by atoms with Gasteiger partial charge in [0.1, 0.15) is 5.75 Å². The molecule has 1 aromatic carbocycles. The fourth-order valence-electron chi connectivity index (χ4n) is 1.82. The van der Waals surface area contributed by atoms with Crippen LogP contribution in [-0.2, 0) is 4.79 Å². The summed E-state index contributed by atoms with van der Waals surface area (Å²) >= 11 is 0.